The second-order valence-electron chi connectivity index (χ2n) is 7.98. The van der Waals surface area contributed by atoms with Crippen LogP contribution in [-0.4, -0.2) is 30.4 Å². The largest absolute Gasteiger partial charge is 0.462 e. The monoisotopic (exact) mass is 388 g/mol. The Kier molecular flexibility index (Phi) is 8.03. The second-order valence-corrected chi connectivity index (χ2v) is 7.98. The lowest BCUT2D eigenvalue weighted by atomic mass is 9.82. The summed E-state index contributed by atoms with van der Waals surface area (Å²) in [6.45, 7) is 8.05. The lowest BCUT2D eigenvalue weighted by Gasteiger charge is -2.28. The Balaban J connectivity index is 2.02. The Morgan fingerprint density at radius 3 is 2.43 bits per heavy atom. The third-order valence-electron chi connectivity index (χ3n) is 5.27. The molecule has 0 spiro atoms. The van der Waals surface area contributed by atoms with Crippen LogP contribution < -0.4 is 10.6 Å². The molecule has 2 amide bonds. The summed E-state index contributed by atoms with van der Waals surface area (Å²) in [5.41, 5.74) is 0.878. The van der Waals surface area contributed by atoms with Gasteiger partial charge in [0.25, 0.3) is 0 Å². The van der Waals surface area contributed by atoms with Crippen LogP contribution in [0.1, 0.15) is 63.7 Å². The molecule has 0 aliphatic heterocycles. The lowest BCUT2D eigenvalue weighted by Crippen LogP contribution is -2.49. The number of hydrogen-bond acceptors (Lipinski definition) is 4. The van der Waals surface area contributed by atoms with Crippen molar-refractivity contribution in [2.24, 2.45) is 17.8 Å². The number of esters is 1. The maximum atomic E-state index is 12.8. The summed E-state index contributed by atoms with van der Waals surface area (Å²) in [5.74, 6) is -0.162. The summed E-state index contributed by atoms with van der Waals surface area (Å²) in [4.78, 5) is 37.3. The molecule has 2 rings (SSSR count). The van der Waals surface area contributed by atoms with Gasteiger partial charge in [0.2, 0.25) is 11.8 Å². The van der Waals surface area contributed by atoms with Crippen molar-refractivity contribution in [2.75, 3.05) is 11.9 Å². The average Bonchev–Trinajstić information content (AvgIpc) is 2.66. The molecular weight excluding hydrogens is 356 g/mol. The highest BCUT2D eigenvalue weighted by Crippen LogP contribution is 2.28. The molecule has 6 heteroatoms. The summed E-state index contributed by atoms with van der Waals surface area (Å²) >= 11 is 0. The van der Waals surface area contributed by atoms with Crippen LogP contribution in [0.2, 0.25) is 0 Å². The van der Waals surface area contributed by atoms with E-state index in [2.05, 4.69) is 17.6 Å². The minimum atomic E-state index is -0.627. The van der Waals surface area contributed by atoms with Crippen LogP contribution in [-0.2, 0) is 14.3 Å². The molecule has 28 heavy (non-hydrogen) atoms. The molecule has 0 radical (unpaired) electrons. The molecule has 0 unspecified atom stereocenters. The second kappa shape index (κ2) is 10.2. The fourth-order valence-electron chi connectivity index (χ4n) is 3.49. The fourth-order valence-corrected chi connectivity index (χ4v) is 3.49. The average molecular weight is 389 g/mol. The molecule has 0 aromatic heterocycles. The van der Waals surface area contributed by atoms with Gasteiger partial charge in [-0.25, -0.2) is 4.79 Å². The van der Waals surface area contributed by atoms with Gasteiger partial charge in [0.05, 0.1) is 12.2 Å². The van der Waals surface area contributed by atoms with E-state index >= 15 is 0 Å². The van der Waals surface area contributed by atoms with E-state index in [1.54, 1.807) is 31.2 Å². The van der Waals surface area contributed by atoms with Gasteiger partial charge in [-0.15, -0.1) is 0 Å². The number of benzene rings is 1. The maximum absolute atomic E-state index is 12.8. The standard InChI is InChI=1S/C22H32N2O4/c1-5-28-22(27)17-7-6-8-18(13-17)23-21(26)19(14(2)3)24-20(25)16-11-9-15(4)10-12-16/h6-8,13-16,19H,5,9-12H2,1-4H3,(H,23,26)(H,24,25)/t15?,16?,19-/m1/s1. The number of ether oxygens (including phenoxy) is 1. The molecule has 6 nitrogen and oxygen atoms in total. The van der Waals surface area contributed by atoms with Gasteiger partial charge in [0.1, 0.15) is 6.04 Å². The van der Waals surface area contributed by atoms with Gasteiger partial charge in [0, 0.05) is 11.6 Å². The van der Waals surface area contributed by atoms with Crippen LogP contribution in [0.4, 0.5) is 5.69 Å². The molecule has 1 aromatic carbocycles. The molecule has 1 saturated carbocycles. The van der Waals surface area contributed by atoms with Crippen molar-refractivity contribution in [3.05, 3.63) is 29.8 Å². The summed E-state index contributed by atoms with van der Waals surface area (Å²) in [6, 6.07) is 5.99. The van der Waals surface area contributed by atoms with Gasteiger partial charge in [-0.1, -0.05) is 26.8 Å². The molecule has 1 fully saturated rings. The van der Waals surface area contributed by atoms with Crippen molar-refractivity contribution in [1.82, 2.24) is 5.32 Å². The van der Waals surface area contributed by atoms with Gasteiger partial charge in [-0.3, -0.25) is 9.59 Å². The van der Waals surface area contributed by atoms with Crippen molar-refractivity contribution in [1.29, 1.82) is 0 Å². The van der Waals surface area contributed by atoms with Crippen LogP contribution in [0.25, 0.3) is 0 Å². The van der Waals surface area contributed by atoms with Crippen molar-refractivity contribution in [3.8, 4) is 0 Å². The zero-order valence-corrected chi connectivity index (χ0v) is 17.3. The van der Waals surface area contributed by atoms with Gasteiger partial charge in [-0.2, -0.15) is 0 Å². The predicted molar refractivity (Wildman–Crippen MR) is 109 cm³/mol. The molecule has 154 valence electrons. The first-order valence-corrected chi connectivity index (χ1v) is 10.2. The van der Waals surface area contributed by atoms with Crippen molar-refractivity contribution < 1.29 is 19.1 Å². The van der Waals surface area contributed by atoms with Crippen LogP contribution in [0.5, 0.6) is 0 Å². The van der Waals surface area contributed by atoms with Crippen molar-refractivity contribution >= 4 is 23.5 Å². The maximum Gasteiger partial charge on any atom is 0.338 e. The third kappa shape index (κ3) is 6.08. The Bertz CT molecular complexity index is 694. The predicted octanol–water partition coefficient (Wildman–Crippen LogP) is 3.77. The first-order chi connectivity index (χ1) is 13.3. The fraction of sp³-hybridized carbons (Fsp3) is 0.591. The molecule has 0 bridgehead atoms. The lowest BCUT2D eigenvalue weighted by molar-refractivity contribution is -0.131. The summed E-state index contributed by atoms with van der Waals surface area (Å²) in [6.07, 6.45) is 3.86. The summed E-state index contributed by atoms with van der Waals surface area (Å²) in [5, 5.41) is 5.75. The highest BCUT2D eigenvalue weighted by Gasteiger charge is 2.30. The highest BCUT2D eigenvalue weighted by atomic mass is 16.5. The zero-order valence-electron chi connectivity index (χ0n) is 17.3. The van der Waals surface area contributed by atoms with Crippen LogP contribution in [0.3, 0.4) is 0 Å². The highest BCUT2D eigenvalue weighted by molar-refractivity contribution is 5.99. The first kappa shape index (κ1) is 21.9. The number of carbonyl (C=O) groups is 3. The van der Waals surface area contributed by atoms with E-state index in [4.69, 9.17) is 4.74 Å². The van der Waals surface area contributed by atoms with E-state index in [0.717, 1.165) is 25.7 Å². The SMILES string of the molecule is CCOC(=O)c1cccc(NC(=O)[C@H](NC(=O)C2CCC(C)CC2)C(C)C)c1. The normalized spacial score (nSPS) is 20.3. The summed E-state index contributed by atoms with van der Waals surface area (Å²) in [7, 11) is 0. The van der Waals surface area contributed by atoms with E-state index in [1.807, 2.05) is 13.8 Å². The van der Waals surface area contributed by atoms with E-state index in [1.165, 1.54) is 0 Å². The van der Waals surface area contributed by atoms with Gasteiger partial charge >= 0.3 is 5.97 Å². The molecule has 2 N–H and O–H groups in total. The van der Waals surface area contributed by atoms with Gasteiger partial charge in [-0.05, 0) is 62.6 Å². The number of carbonyl (C=O) groups excluding carboxylic acids is 3. The Morgan fingerprint density at radius 1 is 1.14 bits per heavy atom. The topological polar surface area (TPSA) is 84.5 Å². The van der Waals surface area contributed by atoms with Crippen LogP contribution >= 0.6 is 0 Å². The van der Waals surface area contributed by atoms with Gasteiger partial charge in [0.15, 0.2) is 0 Å². The smallest absolute Gasteiger partial charge is 0.338 e. The van der Waals surface area contributed by atoms with E-state index in [9.17, 15) is 14.4 Å². The summed E-state index contributed by atoms with van der Waals surface area (Å²) < 4.78 is 4.99. The molecule has 1 aliphatic carbocycles. The Labute approximate surface area is 167 Å². The molecule has 1 atom stereocenters. The number of amides is 2. The minimum absolute atomic E-state index is 0.0163. The Hall–Kier alpha value is -2.37. The Morgan fingerprint density at radius 2 is 1.82 bits per heavy atom. The molecule has 1 aliphatic rings. The van der Waals surface area contributed by atoms with Crippen LogP contribution in [0, 0.1) is 17.8 Å². The molecular formula is C22H32N2O4. The first-order valence-electron chi connectivity index (χ1n) is 10.2. The molecule has 1 aromatic rings. The number of hydrogen-bond donors (Lipinski definition) is 2. The molecule has 0 saturated heterocycles. The van der Waals surface area contributed by atoms with Crippen LogP contribution in [0.15, 0.2) is 24.3 Å². The minimum Gasteiger partial charge on any atom is -0.462 e. The molecule has 0 heterocycles. The van der Waals surface area contributed by atoms with E-state index in [-0.39, 0.29) is 30.3 Å². The zero-order chi connectivity index (χ0) is 20.7. The van der Waals surface area contributed by atoms with Gasteiger partial charge < -0.3 is 15.4 Å². The number of nitrogens with one attached hydrogen (secondary N) is 2. The van der Waals surface area contributed by atoms with E-state index in [0.29, 0.717) is 17.2 Å². The number of rotatable bonds is 7. The van der Waals surface area contributed by atoms with Crippen molar-refractivity contribution in [2.45, 2.75) is 59.4 Å². The van der Waals surface area contributed by atoms with E-state index < -0.39 is 12.0 Å². The number of anilines is 1. The van der Waals surface area contributed by atoms with Crippen molar-refractivity contribution in [3.63, 3.8) is 0 Å². The third-order valence-corrected chi connectivity index (χ3v) is 5.27. The quantitative estimate of drug-likeness (QED) is 0.697.